The first-order chi connectivity index (χ1) is 21.7. The molecule has 0 N–H and O–H groups in total. The molecule has 1 aliphatic rings. The van der Waals surface area contributed by atoms with E-state index in [1.165, 1.54) is 4.57 Å². The summed E-state index contributed by atoms with van der Waals surface area (Å²) < 4.78 is 22.0. The van der Waals surface area contributed by atoms with Gasteiger partial charge in [0.1, 0.15) is 19.2 Å². The SMILES string of the molecule is Cc1cn([C@H]2C[C@H](CC=O)[C@@H](CO[Si](c3ccccc3)(c3ccccc3)C(C)(C)C)O2)c(=O)n(COCc2ccccc2)c1=O. The first kappa shape index (κ1) is 32.5. The van der Waals surface area contributed by atoms with Gasteiger partial charge in [-0.15, -0.1) is 0 Å². The van der Waals surface area contributed by atoms with Gasteiger partial charge in [-0.3, -0.25) is 9.36 Å². The molecule has 8 nitrogen and oxygen atoms in total. The predicted octanol–water partition coefficient (Wildman–Crippen LogP) is 4.56. The van der Waals surface area contributed by atoms with Gasteiger partial charge in [-0.05, 0) is 40.2 Å². The third-order valence-electron chi connectivity index (χ3n) is 8.65. The number of rotatable bonds is 12. The second kappa shape index (κ2) is 14.0. The van der Waals surface area contributed by atoms with Crippen molar-refractivity contribution in [2.75, 3.05) is 6.61 Å². The van der Waals surface area contributed by atoms with Gasteiger partial charge >= 0.3 is 5.69 Å². The summed E-state index contributed by atoms with van der Waals surface area (Å²) in [7, 11) is -2.85. The molecule has 3 atom stereocenters. The summed E-state index contributed by atoms with van der Waals surface area (Å²) in [6.45, 7) is 8.66. The van der Waals surface area contributed by atoms with Crippen LogP contribution in [0.15, 0.2) is 107 Å². The molecular formula is C36H42N2O6Si. The lowest BCUT2D eigenvalue weighted by atomic mass is 9.98. The summed E-state index contributed by atoms with van der Waals surface area (Å²) in [6.07, 6.45) is 2.08. The highest BCUT2D eigenvalue weighted by Gasteiger charge is 2.51. The van der Waals surface area contributed by atoms with Crippen LogP contribution in [0.4, 0.5) is 0 Å². The molecule has 236 valence electrons. The summed E-state index contributed by atoms with van der Waals surface area (Å²) in [6, 6.07) is 30.3. The number of carbonyl (C=O) groups is 1. The molecule has 0 bridgehead atoms. The van der Waals surface area contributed by atoms with E-state index in [1.54, 1.807) is 13.1 Å². The quantitative estimate of drug-likeness (QED) is 0.169. The van der Waals surface area contributed by atoms with Crippen molar-refractivity contribution in [1.29, 1.82) is 0 Å². The average Bonchev–Trinajstić information content (AvgIpc) is 3.44. The first-order valence-electron chi connectivity index (χ1n) is 15.4. The van der Waals surface area contributed by atoms with E-state index < -0.39 is 31.9 Å². The third kappa shape index (κ3) is 6.87. The monoisotopic (exact) mass is 626 g/mol. The molecule has 1 aliphatic heterocycles. The minimum Gasteiger partial charge on any atom is -0.405 e. The second-order valence-electron chi connectivity index (χ2n) is 12.7. The van der Waals surface area contributed by atoms with Crippen LogP contribution in [-0.2, 0) is 32.0 Å². The molecular weight excluding hydrogens is 584 g/mol. The lowest BCUT2D eigenvalue weighted by molar-refractivity contribution is -0.109. The Morgan fingerprint density at radius 1 is 0.911 bits per heavy atom. The summed E-state index contributed by atoms with van der Waals surface area (Å²) in [5, 5.41) is 2.08. The Morgan fingerprint density at radius 3 is 2.04 bits per heavy atom. The molecule has 1 fully saturated rings. The molecule has 45 heavy (non-hydrogen) atoms. The first-order valence-corrected chi connectivity index (χ1v) is 17.3. The Labute approximate surface area is 265 Å². The zero-order valence-electron chi connectivity index (χ0n) is 26.4. The Bertz CT molecular complexity index is 1640. The van der Waals surface area contributed by atoms with Crippen molar-refractivity contribution in [3.8, 4) is 0 Å². The molecule has 0 radical (unpaired) electrons. The molecule has 9 heteroatoms. The molecule has 1 saturated heterocycles. The van der Waals surface area contributed by atoms with E-state index in [0.717, 1.165) is 26.8 Å². The number of benzene rings is 3. The van der Waals surface area contributed by atoms with E-state index in [4.69, 9.17) is 13.9 Å². The van der Waals surface area contributed by atoms with Crippen molar-refractivity contribution >= 4 is 25.0 Å². The van der Waals surface area contributed by atoms with E-state index in [-0.39, 0.29) is 37.3 Å². The van der Waals surface area contributed by atoms with E-state index in [2.05, 4.69) is 45.0 Å². The van der Waals surface area contributed by atoms with Crippen LogP contribution in [0.5, 0.6) is 0 Å². The number of aldehydes is 1. The molecule has 5 rings (SSSR count). The van der Waals surface area contributed by atoms with Crippen molar-refractivity contribution in [3.05, 3.63) is 129 Å². The second-order valence-corrected chi connectivity index (χ2v) is 17.0. The minimum atomic E-state index is -2.85. The van der Waals surface area contributed by atoms with Crippen molar-refractivity contribution in [1.82, 2.24) is 9.13 Å². The Hall–Kier alpha value is -3.89. The number of nitrogens with zero attached hydrogens (tertiary/aromatic N) is 2. The lowest BCUT2D eigenvalue weighted by Gasteiger charge is -2.43. The molecule has 2 heterocycles. The Balaban J connectivity index is 1.42. The standard InChI is InChI=1S/C36H42N2O6Si/c1-27-23-37(35(41)38(34(27)40)26-42-24-28-14-8-5-9-15-28)33-22-29(20-21-39)32(44-33)25-43-45(36(2,3)4,30-16-10-6-11-17-30)31-18-12-7-13-19-31/h5-19,21,23,29,32-33H,20,22,24-26H2,1-4H3/t29-,32+,33+/m0/s1. The van der Waals surface area contributed by atoms with Gasteiger partial charge in [-0.25, -0.2) is 9.36 Å². The van der Waals surface area contributed by atoms with Crippen molar-refractivity contribution in [3.63, 3.8) is 0 Å². The maximum absolute atomic E-state index is 13.6. The van der Waals surface area contributed by atoms with E-state index in [9.17, 15) is 14.4 Å². The van der Waals surface area contributed by atoms with Crippen molar-refractivity contribution in [2.45, 2.75) is 71.2 Å². The number of aryl methyl sites for hydroxylation is 1. The van der Waals surface area contributed by atoms with Crippen LogP contribution < -0.4 is 21.6 Å². The van der Waals surface area contributed by atoms with E-state index >= 15 is 0 Å². The number of carbonyl (C=O) groups excluding carboxylic acids is 1. The van der Waals surface area contributed by atoms with Gasteiger partial charge in [0, 0.05) is 18.2 Å². The highest BCUT2D eigenvalue weighted by Crippen LogP contribution is 2.39. The Kier molecular flexibility index (Phi) is 10.1. The van der Waals surface area contributed by atoms with Gasteiger partial charge < -0.3 is 18.7 Å². The van der Waals surface area contributed by atoms with Crippen LogP contribution in [0.3, 0.4) is 0 Å². The van der Waals surface area contributed by atoms with Gasteiger partial charge in [0.15, 0.2) is 0 Å². The van der Waals surface area contributed by atoms with Gasteiger partial charge in [-0.1, -0.05) is 112 Å². The minimum absolute atomic E-state index is 0.160. The summed E-state index contributed by atoms with van der Waals surface area (Å²) in [5.41, 5.74) is 0.430. The molecule has 3 aromatic carbocycles. The van der Waals surface area contributed by atoms with Gasteiger partial charge in [0.2, 0.25) is 0 Å². The zero-order chi connectivity index (χ0) is 32.0. The molecule has 0 amide bonds. The molecule has 0 unspecified atom stereocenters. The smallest absolute Gasteiger partial charge is 0.335 e. The molecule has 0 spiro atoms. The number of aromatic nitrogens is 2. The van der Waals surface area contributed by atoms with Crippen molar-refractivity contribution < 1.29 is 18.7 Å². The van der Waals surface area contributed by atoms with Crippen LogP contribution in [0.2, 0.25) is 5.04 Å². The topological polar surface area (TPSA) is 88.8 Å². The van der Waals surface area contributed by atoms with Gasteiger partial charge in [0.05, 0.1) is 19.3 Å². The lowest BCUT2D eigenvalue weighted by Crippen LogP contribution is -2.67. The van der Waals surface area contributed by atoms with Crippen LogP contribution in [-0.4, -0.2) is 36.4 Å². The normalized spacial score (nSPS) is 18.6. The van der Waals surface area contributed by atoms with Gasteiger partial charge in [0.25, 0.3) is 13.9 Å². The van der Waals surface area contributed by atoms with Crippen LogP contribution >= 0.6 is 0 Å². The zero-order valence-corrected chi connectivity index (χ0v) is 27.4. The highest BCUT2D eigenvalue weighted by molar-refractivity contribution is 6.99. The molecule has 4 aromatic rings. The third-order valence-corrected chi connectivity index (χ3v) is 13.7. The fourth-order valence-corrected chi connectivity index (χ4v) is 11.0. The van der Waals surface area contributed by atoms with Crippen LogP contribution in [0.25, 0.3) is 0 Å². The van der Waals surface area contributed by atoms with E-state index in [1.807, 2.05) is 66.7 Å². The van der Waals surface area contributed by atoms with E-state index in [0.29, 0.717) is 12.0 Å². The van der Waals surface area contributed by atoms with Crippen LogP contribution in [0.1, 0.15) is 51.0 Å². The maximum atomic E-state index is 13.6. The number of hydrogen-bond donors (Lipinski definition) is 0. The summed E-state index contributed by atoms with van der Waals surface area (Å²) in [5.74, 6) is -0.160. The predicted molar refractivity (Wildman–Crippen MR) is 177 cm³/mol. The largest absolute Gasteiger partial charge is 0.405 e. The van der Waals surface area contributed by atoms with Crippen molar-refractivity contribution in [2.24, 2.45) is 5.92 Å². The highest BCUT2D eigenvalue weighted by atomic mass is 28.4. The van der Waals surface area contributed by atoms with Gasteiger partial charge in [-0.2, -0.15) is 0 Å². The van der Waals surface area contributed by atoms with Crippen LogP contribution in [0, 0.1) is 12.8 Å². The Morgan fingerprint density at radius 2 is 1.49 bits per heavy atom. The summed E-state index contributed by atoms with van der Waals surface area (Å²) >= 11 is 0. The fourth-order valence-electron chi connectivity index (χ4n) is 6.38. The maximum Gasteiger partial charge on any atom is 0.335 e. The molecule has 0 saturated carbocycles. The number of ether oxygens (including phenoxy) is 2. The molecule has 0 aliphatic carbocycles. The average molecular weight is 627 g/mol. The summed E-state index contributed by atoms with van der Waals surface area (Å²) in [4.78, 5) is 38.4. The molecule has 1 aromatic heterocycles. The fraction of sp³-hybridized carbons (Fsp3) is 0.361. The number of hydrogen-bond acceptors (Lipinski definition) is 6.